The Morgan fingerprint density at radius 2 is 0.889 bits per heavy atom. The lowest BCUT2D eigenvalue weighted by Gasteiger charge is -1.98. The molecule has 0 aliphatic rings. The van der Waals surface area contributed by atoms with E-state index in [9.17, 15) is 0 Å². The van der Waals surface area contributed by atoms with Gasteiger partial charge >= 0.3 is 0 Å². The molecule has 1 aromatic carbocycles. The maximum Gasteiger partial charge on any atom is -0.0187 e. The summed E-state index contributed by atoms with van der Waals surface area (Å²) in [5.41, 5.74) is 2.55. The number of hydrogen-bond donors (Lipinski definition) is 0. The fourth-order valence-corrected chi connectivity index (χ4v) is 1.17. The summed E-state index contributed by atoms with van der Waals surface area (Å²) in [7, 11) is 0. The summed E-state index contributed by atoms with van der Waals surface area (Å²) in [4.78, 5) is 0. The number of benzene rings is 1. The van der Waals surface area contributed by atoms with Crippen LogP contribution in [0.1, 0.15) is 66.5 Å². The number of allylic oxidation sites excluding steroid dienone is 2. The lowest BCUT2D eigenvalue weighted by molar-refractivity contribution is 1.50. The minimum absolute atomic E-state index is 1.28. The van der Waals surface area contributed by atoms with Crippen molar-refractivity contribution < 1.29 is 0 Å². The van der Waals surface area contributed by atoms with Crippen LogP contribution in [0.15, 0.2) is 36.4 Å². The highest BCUT2D eigenvalue weighted by Crippen LogP contribution is 2.12. The lowest BCUT2D eigenvalue weighted by Crippen LogP contribution is -1.77. The van der Waals surface area contributed by atoms with Gasteiger partial charge in [0, 0.05) is 0 Å². The topological polar surface area (TPSA) is 0 Å². The summed E-state index contributed by atoms with van der Waals surface area (Å²) in [6.45, 7) is 16.1. The van der Waals surface area contributed by atoms with Gasteiger partial charge < -0.3 is 0 Å². The van der Waals surface area contributed by atoms with Gasteiger partial charge in [-0.3, -0.25) is 0 Å². The number of hydrogen-bond acceptors (Lipinski definition) is 0. The first kappa shape index (κ1) is 21.9. The molecule has 0 fully saturated rings. The van der Waals surface area contributed by atoms with E-state index in [-0.39, 0.29) is 0 Å². The third-order valence-electron chi connectivity index (χ3n) is 1.69. The van der Waals surface area contributed by atoms with Crippen molar-refractivity contribution in [1.82, 2.24) is 0 Å². The first-order chi connectivity index (χ1) is 8.88. The van der Waals surface area contributed by atoms with Gasteiger partial charge in [0.15, 0.2) is 0 Å². The molecule has 0 nitrogen and oxygen atoms in total. The van der Waals surface area contributed by atoms with E-state index in [1.165, 1.54) is 11.1 Å². The van der Waals surface area contributed by atoms with Gasteiger partial charge in [0.1, 0.15) is 0 Å². The Hall–Kier alpha value is -1.30. The standard InChI is InChI=1S/C12H14.3C2H6/c1-3-7-11-9-5-6-10-12(11)8-4-2;3*1-2/h3-10H,1-2H3;3*1-2H3/b7-3-,8-4-;;;. The smallest absolute Gasteiger partial charge is 0.0187 e. The third-order valence-corrected chi connectivity index (χ3v) is 1.69. The van der Waals surface area contributed by atoms with E-state index in [2.05, 4.69) is 48.6 Å². The highest BCUT2D eigenvalue weighted by Gasteiger charge is 1.91. The minimum Gasteiger partial charge on any atom is -0.0870 e. The summed E-state index contributed by atoms with van der Waals surface area (Å²) in [5.74, 6) is 0. The average molecular weight is 248 g/mol. The van der Waals surface area contributed by atoms with Crippen molar-refractivity contribution in [2.24, 2.45) is 0 Å². The molecule has 0 spiro atoms. The normalized spacial score (nSPS) is 8.67. The first-order valence-corrected chi connectivity index (χ1v) is 7.23. The maximum absolute atomic E-state index is 2.12. The van der Waals surface area contributed by atoms with E-state index in [1.807, 2.05) is 55.4 Å². The molecule has 0 unspecified atom stereocenters. The van der Waals surface area contributed by atoms with Crippen molar-refractivity contribution in [3.8, 4) is 0 Å². The molecule has 0 aliphatic heterocycles. The molecule has 1 rings (SSSR count). The molecule has 0 aliphatic carbocycles. The Bertz CT molecular complexity index is 262. The van der Waals surface area contributed by atoms with Crippen molar-refractivity contribution >= 4 is 12.2 Å². The van der Waals surface area contributed by atoms with Crippen molar-refractivity contribution in [3.63, 3.8) is 0 Å². The van der Waals surface area contributed by atoms with Gasteiger partial charge in [0.05, 0.1) is 0 Å². The second-order valence-corrected chi connectivity index (χ2v) is 2.63. The molecule has 0 atom stereocenters. The first-order valence-electron chi connectivity index (χ1n) is 7.23. The quantitative estimate of drug-likeness (QED) is 0.538. The van der Waals surface area contributed by atoms with Crippen LogP contribution in [0, 0.1) is 0 Å². The second-order valence-electron chi connectivity index (χ2n) is 2.63. The van der Waals surface area contributed by atoms with Crippen molar-refractivity contribution in [2.75, 3.05) is 0 Å². The van der Waals surface area contributed by atoms with Crippen LogP contribution in [-0.2, 0) is 0 Å². The van der Waals surface area contributed by atoms with Gasteiger partial charge in [-0.25, -0.2) is 0 Å². The molecule has 104 valence electrons. The summed E-state index contributed by atoms with van der Waals surface area (Å²) < 4.78 is 0. The SMILES string of the molecule is C/C=C\c1ccccc1/C=C\C.CC.CC.CC. The zero-order valence-corrected chi connectivity index (χ0v) is 13.6. The molecule has 1 aromatic rings. The van der Waals surface area contributed by atoms with Gasteiger partial charge in [0.2, 0.25) is 0 Å². The highest BCUT2D eigenvalue weighted by atomic mass is 14.0. The molecule has 0 radical (unpaired) electrons. The van der Waals surface area contributed by atoms with E-state index in [1.54, 1.807) is 0 Å². The Morgan fingerprint density at radius 3 is 1.11 bits per heavy atom. The van der Waals surface area contributed by atoms with Crippen LogP contribution in [0.25, 0.3) is 12.2 Å². The van der Waals surface area contributed by atoms with Crippen molar-refractivity contribution in [2.45, 2.75) is 55.4 Å². The fraction of sp³-hybridized carbons (Fsp3) is 0.444. The zero-order valence-electron chi connectivity index (χ0n) is 13.6. The Morgan fingerprint density at radius 1 is 0.611 bits per heavy atom. The van der Waals surface area contributed by atoms with Gasteiger partial charge in [-0.15, -0.1) is 0 Å². The molecule has 0 bridgehead atoms. The molecule has 0 amide bonds. The molecule has 0 saturated heterocycles. The fourth-order valence-electron chi connectivity index (χ4n) is 1.17. The van der Waals surface area contributed by atoms with Crippen LogP contribution in [0.3, 0.4) is 0 Å². The van der Waals surface area contributed by atoms with E-state index in [0.29, 0.717) is 0 Å². The summed E-state index contributed by atoms with van der Waals surface area (Å²) in [6, 6.07) is 8.36. The van der Waals surface area contributed by atoms with E-state index in [0.717, 1.165) is 0 Å². The Balaban J connectivity index is -0.000000328. The van der Waals surface area contributed by atoms with Gasteiger partial charge in [0.25, 0.3) is 0 Å². The molecule has 0 saturated carbocycles. The number of rotatable bonds is 2. The van der Waals surface area contributed by atoms with Crippen molar-refractivity contribution in [3.05, 3.63) is 47.5 Å². The highest BCUT2D eigenvalue weighted by molar-refractivity contribution is 5.64. The second kappa shape index (κ2) is 21.0. The predicted molar refractivity (Wildman–Crippen MR) is 89.9 cm³/mol. The molecule has 0 N–H and O–H groups in total. The van der Waals surface area contributed by atoms with E-state index in [4.69, 9.17) is 0 Å². The van der Waals surface area contributed by atoms with Crippen LogP contribution in [-0.4, -0.2) is 0 Å². The third kappa shape index (κ3) is 11.2. The predicted octanol–water partition coefficient (Wildman–Crippen LogP) is 6.83. The van der Waals surface area contributed by atoms with Crippen molar-refractivity contribution in [1.29, 1.82) is 0 Å². The molecule has 0 aromatic heterocycles. The van der Waals surface area contributed by atoms with Crippen LogP contribution >= 0.6 is 0 Å². The molecular weight excluding hydrogens is 216 g/mol. The van der Waals surface area contributed by atoms with Crippen LogP contribution in [0.2, 0.25) is 0 Å². The van der Waals surface area contributed by atoms with Crippen LogP contribution < -0.4 is 0 Å². The zero-order chi connectivity index (χ0) is 14.8. The molecule has 0 heterocycles. The lowest BCUT2D eigenvalue weighted by atomic mass is 10.1. The minimum atomic E-state index is 1.28. The molecule has 0 heteroatoms. The van der Waals surface area contributed by atoms with Crippen LogP contribution in [0.5, 0.6) is 0 Å². The monoisotopic (exact) mass is 248 g/mol. The maximum atomic E-state index is 2.12. The van der Waals surface area contributed by atoms with Crippen LogP contribution in [0.4, 0.5) is 0 Å². The largest absolute Gasteiger partial charge is 0.0870 e. The summed E-state index contributed by atoms with van der Waals surface area (Å²) in [5, 5.41) is 0. The average Bonchev–Trinajstić information content (AvgIpc) is 2.48. The van der Waals surface area contributed by atoms with E-state index >= 15 is 0 Å². The van der Waals surface area contributed by atoms with Gasteiger partial charge in [-0.1, -0.05) is 90.1 Å². The summed E-state index contributed by atoms with van der Waals surface area (Å²) in [6.07, 6.45) is 8.36. The van der Waals surface area contributed by atoms with Gasteiger partial charge in [-0.2, -0.15) is 0 Å². The van der Waals surface area contributed by atoms with Gasteiger partial charge in [-0.05, 0) is 25.0 Å². The Labute approximate surface area is 115 Å². The molecule has 18 heavy (non-hydrogen) atoms. The molecular formula is C18H32. The van der Waals surface area contributed by atoms with E-state index < -0.39 is 0 Å². The Kier molecular flexibility index (Phi) is 25.6. The summed E-state index contributed by atoms with van der Waals surface area (Å²) >= 11 is 0.